The molecular weight excluding hydrogens is 337 g/mol. The normalized spacial score (nSPS) is 10.4. The molecule has 0 radical (unpaired) electrons. The average molecular weight is 355 g/mol. The lowest BCUT2D eigenvalue weighted by molar-refractivity contribution is 0.0946. The quantitative estimate of drug-likeness (QED) is 0.683. The van der Waals surface area contributed by atoms with E-state index in [4.69, 9.17) is 9.47 Å². The van der Waals surface area contributed by atoms with Crippen molar-refractivity contribution in [3.05, 3.63) is 77.4 Å². The Bertz CT molecular complexity index is 878. The molecule has 0 atom stereocenters. The third-order valence-corrected chi connectivity index (χ3v) is 3.68. The van der Waals surface area contributed by atoms with Crippen LogP contribution in [0.4, 0.5) is 4.39 Å². The van der Waals surface area contributed by atoms with Crippen LogP contribution in [-0.2, 0) is 13.2 Å². The minimum absolute atomic E-state index is 0.221. The maximum absolute atomic E-state index is 12.9. The second-order valence-electron chi connectivity index (χ2n) is 5.53. The van der Waals surface area contributed by atoms with Gasteiger partial charge in [-0.05, 0) is 35.9 Å². The third kappa shape index (κ3) is 4.38. The fraction of sp³-hybridized carbons (Fsp3) is 0.158. The summed E-state index contributed by atoms with van der Waals surface area (Å²) < 4.78 is 23.8. The molecule has 7 heteroatoms. The lowest BCUT2D eigenvalue weighted by atomic mass is 10.2. The van der Waals surface area contributed by atoms with Crippen LogP contribution in [0, 0.1) is 5.82 Å². The Kier molecular flexibility index (Phi) is 5.48. The molecule has 2 aromatic carbocycles. The maximum Gasteiger partial charge on any atom is 0.272 e. The van der Waals surface area contributed by atoms with Gasteiger partial charge in [0.1, 0.15) is 18.1 Å². The number of para-hydroxylation sites is 2. The lowest BCUT2D eigenvalue weighted by Gasteiger charge is -2.08. The van der Waals surface area contributed by atoms with Gasteiger partial charge in [-0.1, -0.05) is 24.3 Å². The average Bonchev–Trinajstić information content (AvgIpc) is 3.15. The van der Waals surface area contributed by atoms with Gasteiger partial charge in [0, 0.05) is 6.54 Å². The van der Waals surface area contributed by atoms with E-state index in [2.05, 4.69) is 15.5 Å². The number of ether oxygens (including phenoxy) is 2. The molecule has 0 aliphatic heterocycles. The number of amides is 1. The van der Waals surface area contributed by atoms with E-state index in [1.165, 1.54) is 12.1 Å². The number of nitrogens with zero attached hydrogens (tertiary/aromatic N) is 1. The first-order valence-electron chi connectivity index (χ1n) is 7.98. The second kappa shape index (κ2) is 8.15. The number of carbonyl (C=O) groups is 1. The van der Waals surface area contributed by atoms with Gasteiger partial charge in [0.05, 0.1) is 12.8 Å². The first kappa shape index (κ1) is 17.5. The number of nitrogens with one attached hydrogen (secondary N) is 2. The second-order valence-corrected chi connectivity index (χ2v) is 5.53. The Morgan fingerprint density at radius 2 is 1.88 bits per heavy atom. The molecule has 3 rings (SSSR count). The summed E-state index contributed by atoms with van der Waals surface area (Å²) in [5.74, 6) is 0.595. The molecule has 0 fully saturated rings. The van der Waals surface area contributed by atoms with E-state index >= 15 is 0 Å². The molecule has 1 aromatic heterocycles. The lowest BCUT2D eigenvalue weighted by Crippen LogP contribution is -2.23. The van der Waals surface area contributed by atoms with Crippen LogP contribution in [0.2, 0.25) is 0 Å². The first-order chi connectivity index (χ1) is 12.7. The molecule has 26 heavy (non-hydrogen) atoms. The number of aromatic nitrogens is 2. The van der Waals surface area contributed by atoms with Crippen LogP contribution < -0.4 is 14.8 Å². The molecule has 3 aromatic rings. The van der Waals surface area contributed by atoms with Crippen LogP contribution in [0.5, 0.6) is 11.5 Å². The van der Waals surface area contributed by atoms with Gasteiger partial charge < -0.3 is 14.8 Å². The fourth-order valence-corrected chi connectivity index (χ4v) is 2.32. The van der Waals surface area contributed by atoms with Gasteiger partial charge in [-0.15, -0.1) is 0 Å². The largest absolute Gasteiger partial charge is 0.493 e. The Labute approximate surface area is 150 Å². The van der Waals surface area contributed by atoms with Crippen molar-refractivity contribution in [3.63, 3.8) is 0 Å². The van der Waals surface area contributed by atoms with Gasteiger partial charge in [0.2, 0.25) is 0 Å². The van der Waals surface area contributed by atoms with Gasteiger partial charge in [-0.2, -0.15) is 5.10 Å². The molecule has 0 saturated heterocycles. The topological polar surface area (TPSA) is 76.2 Å². The van der Waals surface area contributed by atoms with Gasteiger partial charge in [0.25, 0.3) is 5.91 Å². The molecule has 1 heterocycles. The number of hydrogen-bond donors (Lipinski definition) is 2. The standard InChI is InChI=1S/C19H18FN3O3/c1-25-17-4-2-3-5-18(17)26-12-15-10-16(23-22-15)19(24)21-11-13-6-8-14(20)9-7-13/h2-10H,11-12H2,1H3,(H,21,24)(H,22,23). The molecule has 1 amide bonds. The predicted molar refractivity (Wildman–Crippen MR) is 93.5 cm³/mol. The van der Waals surface area contributed by atoms with Crippen molar-refractivity contribution in [1.82, 2.24) is 15.5 Å². The van der Waals surface area contributed by atoms with E-state index in [9.17, 15) is 9.18 Å². The summed E-state index contributed by atoms with van der Waals surface area (Å²) in [5, 5.41) is 9.50. The van der Waals surface area contributed by atoms with Crippen LogP contribution in [0.15, 0.2) is 54.6 Å². The minimum atomic E-state index is -0.325. The summed E-state index contributed by atoms with van der Waals surface area (Å²) in [7, 11) is 1.57. The number of H-pyrrole nitrogens is 1. The zero-order valence-corrected chi connectivity index (χ0v) is 14.2. The van der Waals surface area contributed by atoms with E-state index in [0.717, 1.165) is 5.56 Å². The van der Waals surface area contributed by atoms with Crippen molar-refractivity contribution < 1.29 is 18.7 Å². The highest BCUT2D eigenvalue weighted by molar-refractivity contribution is 5.92. The molecule has 6 nitrogen and oxygen atoms in total. The van der Waals surface area contributed by atoms with Gasteiger partial charge in [0.15, 0.2) is 11.5 Å². The highest BCUT2D eigenvalue weighted by Gasteiger charge is 2.11. The monoisotopic (exact) mass is 355 g/mol. The highest BCUT2D eigenvalue weighted by atomic mass is 19.1. The van der Waals surface area contributed by atoms with Crippen LogP contribution in [0.1, 0.15) is 21.7 Å². The van der Waals surface area contributed by atoms with Crippen molar-refractivity contribution in [2.45, 2.75) is 13.2 Å². The van der Waals surface area contributed by atoms with E-state index in [-0.39, 0.29) is 24.0 Å². The number of methoxy groups -OCH3 is 1. The van der Waals surface area contributed by atoms with Crippen molar-refractivity contribution >= 4 is 5.91 Å². The molecule has 0 spiro atoms. The highest BCUT2D eigenvalue weighted by Crippen LogP contribution is 2.26. The number of benzene rings is 2. The smallest absolute Gasteiger partial charge is 0.272 e. The molecule has 0 aliphatic rings. The number of halogens is 1. The molecule has 0 unspecified atom stereocenters. The van der Waals surface area contributed by atoms with Crippen molar-refractivity contribution in [2.24, 2.45) is 0 Å². The van der Waals surface area contributed by atoms with E-state index < -0.39 is 0 Å². The van der Waals surface area contributed by atoms with Crippen LogP contribution >= 0.6 is 0 Å². The van der Waals surface area contributed by atoms with Crippen molar-refractivity contribution in [1.29, 1.82) is 0 Å². The zero-order valence-electron chi connectivity index (χ0n) is 14.2. The summed E-state index contributed by atoms with van der Waals surface area (Å²) in [6.45, 7) is 0.512. The Balaban J connectivity index is 1.55. The summed E-state index contributed by atoms with van der Waals surface area (Å²) >= 11 is 0. The molecule has 0 aliphatic carbocycles. The van der Waals surface area contributed by atoms with E-state index in [1.54, 1.807) is 37.4 Å². The number of hydrogen-bond acceptors (Lipinski definition) is 4. The van der Waals surface area contributed by atoms with Crippen LogP contribution in [0.3, 0.4) is 0 Å². The number of carbonyl (C=O) groups excluding carboxylic acids is 1. The predicted octanol–water partition coefficient (Wildman–Crippen LogP) is 3.07. The van der Waals surface area contributed by atoms with E-state index in [0.29, 0.717) is 23.7 Å². The van der Waals surface area contributed by atoms with Gasteiger partial charge >= 0.3 is 0 Å². The van der Waals surface area contributed by atoms with Crippen LogP contribution in [0.25, 0.3) is 0 Å². The Hall–Kier alpha value is -3.35. The molecule has 2 N–H and O–H groups in total. The molecular formula is C19H18FN3O3. The van der Waals surface area contributed by atoms with Crippen molar-refractivity contribution in [3.8, 4) is 11.5 Å². The fourth-order valence-electron chi connectivity index (χ4n) is 2.32. The summed E-state index contributed by atoms with van der Waals surface area (Å²) in [6.07, 6.45) is 0. The summed E-state index contributed by atoms with van der Waals surface area (Å²) in [5.41, 5.74) is 1.71. The first-order valence-corrected chi connectivity index (χ1v) is 7.98. The van der Waals surface area contributed by atoms with E-state index in [1.807, 2.05) is 12.1 Å². The Morgan fingerprint density at radius 3 is 2.62 bits per heavy atom. The van der Waals surface area contributed by atoms with Crippen molar-refractivity contribution in [2.75, 3.05) is 7.11 Å². The summed E-state index contributed by atoms with van der Waals surface area (Å²) in [6, 6.07) is 14.9. The number of aromatic amines is 1. The van der Waals surface area contributed by atoms with Gasteiger partial charge in [-0.3, -0.25) is 9.89 Å². The number of rotatable bonds is 7. The minimum Gasteiger partial charge on any atom is -0.493 e. The molecule has 0 bridgehead atoms. The van der Waals surface area contributed by atoms with Gasteiger partial charge in [-0.25, -0.2) is 4.39 Å². The van der Waals surface area contributed by atoms with Crippen LogP contribution in [-0.4, -0.2) is 23.2 Å². The SMILES string of the molecule is COc1ccccc1OCc1cc(C(=O)NCc2ccc(F)cc2)n[nH]1. The third-order valence-electron chi connectivity index (χ3n) is 3.68. The summed E-state index contributed by atoms with van der Waals surface area (Å²) in [4.78, 5) is 12.1. The Morgan fingerprint density at radius 1 is 1.15 bits per heavy atom. The maximum atomic E-state index is 12.9. The molecule has 134 valence electrons. The molecule has 0 saturated carbocycles. The zero-order chi connectivity index (χ0) is 18.4.